The number of rotatable bonds is 3. The molecule has 1 aliphatic carbocycles. The van der Waals surface area contributed by atoms with Crippen LogP contribution in [0.25, 0.3) is 0 Å². The Bertz CT molecular complexity index is 385. The fourth-order valence-electron chi connectivity index (χ4n) is 2.59. The maximum Gasteiger partial charge on any atom is 0.120 e. The third-order valence-electron chi connectivity index (χ3n) is 3.52. The van der Waals surface area contributed by atoms with Gasteiger partial charge in [-0.05, 0) is 48.9 Å². The minimum absolute atomic E-state index is 0.170. The number of aliphatic hydroxyl groups excluding tert-OH is 1. The molecular formula is C15H22O2. The average Bonchev–Trinajstić information content (AvgIpc) is 2.63. The SMILES string of the molecule is Cc1cc(OC2CCC(O)C2)ccc1C(C)C. The Labute approximate surface area is 104 Å². The van der Waals surface area contributed by atoms with Crippen LogP contribution in [0.15, 0.2) is 18.2 Å². The predicted octanol–water partition coefficient (Wildman–Crippen LogP) is 3.41. The molecular weight excluding hydrogens is 212 g/mol. The van der Waals surface area contributed by atoms with Crippen molar-refractivity contribution < 1.29 is 9.84 Å². The fraction of sp³-hybridized carbons (Fsp3) is 0.600. The van der Waals surface area contributed by atoms with Crippen LogP contribution < -0.4 is 4.74 Å². The molecule has 2 nitrogen and oxygen atoms in total. The van der Waals surface area contributed by atoms with E-state index < -0.39 is 0 Å². The van der Waals surface area contributed by atoms with Gasteiger partial charge in [0.15, 0.2) is 0 Å². The number of aliphatic hydroxyl groups is 1. The molecule has 0 saturated heterocycles. The molecule has 1 fully saturated rings. The van der Waals surface area contributed by atoms with Gasteiger partial charge >= 0.3 is 0 Å². The minimum atomic E-state index is -0.170. The zero-order valence-electron chi connectivity index (χ0n) is 10.9. The van der Waals surface area contributed by atoms with Crippen molar-refractivity contribution in [3.05, 3.63) is 29.3 Å². The van der Waals surface area contributed by atoms with Crippen LogP contribution in [0.4, 0.5) is 0 Å². The van der Waals surface area contributed by atoms with Crippen LogP contribution in [0.3, 0.4) is 0 Å². The molecule has 17 heavy (non-hydrogen) atoms. The van der Waals surface area contributed by atoms with E-state index in [1.807, 2.05) is 6.07 Å². The first-order chi connectivity index (χ1) is 8.06. The van der Waals surface area contributed by atoms with Crippen LogP contribution >= 0.6 is 0 Å². The Morgan fingerprint density at radius 1 is 1.29 bits per heavy atom. The molecule has 94 valence electrons. The van der Waals surface area contributed by atoms with E-state index in [9.17, 15) is 5.11 Å². The standard InChI is InChI=1S/C15H22O2/c1-10(2)15-7-6-13(8-11(15)3)17-14-5-4-12(16)9-14/h6-8,10,12,14,16H,4-5,9H2,1-3H3. The van der Waals surface area contributed by atoms with Crippen molar-refractivity contribution in [1.82, 2.24) is 0 Å². The van der Waals surface area contributed by atoms with Crippen LogP contribution in [0.5, 0.6) is 5.75 Å². The highest BCUT2D eigenvalue weighted by Crippen LogP contribution is 2.27. The van der Waals surface area contributed by atoms with E-state index in [1.54, 1.807) is 0 Å². The first-order valence-electron chi connectivity index (χ1n) is 6.51. The van der Waals surface area contributed by atoms with E-state index in [0.29, 0.717) is 5.92 Å². The molecule has 1 saturated carbocycles. The van der Waals surface area contributed by atoms with Crippen molar-refractivity contribution >= 4 is 0 Å². The summed E-state index contributed by atoms with van der Waals surface area (Å²) in [5.74, 6) is 1.49. The smallest absolute Gasteiger partial charge is 0.120 e. The summed E-state index contributed by atoms with van der Waals surface area (Å²) in [6.45, 7) is 6.54. The first kappa shape index (κ1) is 12.4. The monoisotopic (exact) mass is 234 g/mol. The van der Waals surface area contributed by atoms with Gasteiger partial charge in [0.25, 0.3) is 0 Å². The third-order valence-corrected chi connectivity index (χ3v) is 3.52. The molecule has 0 radical (unpaired) electrons. The molecule has 1 aliphatic rings. The Balaban J connectivity index is 2.05. The summed E-state index contributed by atoms with van der Waals surface area (Å²) in [6, 6.07) is 6.31. The summed E-state index contributed by atoms with van der Waals surface area (Å²) in [5, 5.41) is 9.47. The van der Waals surface area contributed by atoms with E-state index >= 15 is 0 Å². The van der Waals surface area contributed by atoms with E-state index in [4.69, 9.17) is 4.74 Å². The summed E-state index contributed by atoms with van der Waals surface area (Å²) >= 11 is 0. The molecule has 1 aromatic carbocycles. The van der Waals surface area contributed by atoms with Gasteiger partial charge in [-0.1, -0.05) is 19.9 Å². The van der Waals surface area contributed by atoms with Crippen molar-refractivity contribution in [2.75, 3.05) is 0 Å². The van der Waals surface area contributed by atoms with Crippen LogP contribution in [-0.4, -0.2) is 17.3 Å². The zero-order valence-corrected chi connectivity index (χ0v) is 10.9. The lowest BCUT2D eigenvalue weighted by atomic mass is 9.98. The summed E-state index contributed by atoms with van der Waals surface area (Å²) in [7, 11) is 0. The molecule has 0 heterocycles. The first-order valence-corrected chi connectivity index (χ1v) is 6.51. The molecule has 2 unspecified atom stereocenters. The van der Waals surface area contributed by atoms with Crippen molar-refractivity contribution in [1.29, 1.82) is 0 Å². The topological polar surface area (TPSA) is 29.5 Å². The van der Waals surface area contributed by atoms with Crippen LogP contribution in [0, 0.1) is 6.92 Å². The van der Waals surface area contributed by atoms with Gasteiger partial charge in [-0.15, -0.1) is 0 Å². The van der Waals surface area contributed by atoms with Crippen molar-refractivity contribution in [3.63, 3.8) is 0 Å². The number of hydrogen-bond acceptors (Lipinski definition) is 2. The molecule has 0 spiro atoms. The summed E-state index contributed by atoms with van der Waals surface area (Å²) in [4.78, 5) is 0. The maximum absolute atomic E-state index is 9.47. The molecule has 1 N–H and O–H groups in total. The molecule has 0 amide bonds. The predicted molar refractivity (Wildman–Crippen MR) is 69.5 cm³/mol. The van der Waals surface area contributed by atoms with Gasteiger partial charge in [0.2, 0.25) is 0 Å². The maximum atomic E-state index is 9.47. The van der Waals surface area contributed by atoms with E-state index in [2.05, 4.69) is 32.9 Å². The number of aryl methyl sites for hydroxylation is 1. The quantitative estimate of drug-likeness (QED) is 0.868. The van der Waals surface area contributed by atoms with Gasteiger partial charge in [0.05, 0.1) is 6.10 Å². The normalized spacial score (nSPS) is 24.3. The van der Waals surface area contributed by atoms with Crippen molar-refractivity contribution in [2.45, 2.75) is 58.2 Å². The molecule has 0 aliphatic heterocycles. The van der Waals surface area contributed by atoms with Gasteiger partial charge in [-0.3, -0.25) is 0 Å². The number of benzene rings is 1. The molecule has 1 aromatic rings. The Morgan fingerprint density at radius 3 is 2.59 bits per heavy atom. The molecule has 2 rings (SSSR count). The molecule has 2 atom stereocenters. The van der Waals surface area contributed by atoms with E-state index in [0.717, 1.165) is 25.0 Å². The largest absolute Gasteiger partial charge is 0.490 e. The van der Waals surface area contributed by atoms with Gasteiger partial charge in [0, 0.05) is 6.42 Å². The van der Waals surface area contributed by atoms with Crippen molar-refractivity contribution in [3.8, 4) is 5.75 Å². The zero-order chi connectivity index (χ0) is 12.4. The third kappa shape index (κ3) is 3.01. The second kappa shape index (κ2) is 5.09. The summed E-state index contributed by atoms with van der Waals surface area (Å²) in [6.07, 6.45) is 2.62. The van der Waals surface area contributed by atoms with Gasteiger partial charge in [-0.25, -0.2) is 0 Å². The number of ether oxygens (including phenoxy) is 1. The fourth-order valence-corrected chi connectivity index (χ4v) is 2.59. The highest BCUT2D eigenvalue weighted by molar-refractivity contribution is 5.36. The van der Waals surface area contributed by atoms with Crippen LogP contribution in [0.1, 0.15) is 50.2 Å². The lowest BCUT2D eigenvalue weighted by molar-refractivity contribution is 0.149. The second-order valence-corrected chi connectivity index (χ2v) is 5.38. The van der Waals surface area contributed by atoms with E-state index in [-0.39, 0.29) is 12.2 Å². The van der Waals surface area contributed by atoms with Crippen LogP contribution in [-0.2, 0) is 0 Å². The molecule has 0 bridgehead atoms. The van der Waals surface area contributed by atoms with Gasteiger partial charge in [-0.2, -0.15) is 0 Å². The molecule has 2 heteroatoms. The lowest BCUT2D eigenvalue weighted by Crippen LogP contribution is -2.13. The van der Waals surface area contributed by atoms with Gasteiger partial charge in [0.1, 0.15) is 11.9 Å². The lowest BCUT2D eigenvalue weighted by Gasteiger charge is -2.16. The average molecular weight is 234 g/mol. The number of hydrogen-bond donors (Lipinski definition) is 1. The van der Waals surface area contributed by atoms with Crippen LogP contribution in [0.2, 0.25) is 0 Å². The van der Waals surface area contributed by atoms with E-state index in [1.165, 1.54) is 11.1 Å². The summed E-state index contributed by atoms with van der Waals surface area (Å²) < 4.78 is 5.90. The minimum Gasteiger partial charge on any atom is -0.490 e. The Kier molecular flexibility index (Phi) is 3.72. The molecule has 0 aromatic heterocycles. The van der Waals surface area contributed by atoms with Crippen molar-refractivity contribution in [2.24, 2.45) is 0 Å². The Hall–Kier alpha value is -1.02. The summed E-state index contributed by atoms with van der Waals surface area (Å²) in [5.41, 5.74) is 2.67. The highest BCUT2D eigenvalue weighted by Gasteiger charge is 2.24. The second-order valence-electron chi connectivity index (χ2n) is 5.38. The Morgan fingerprint density at radius 2 is 2.06 bits per heavy atom. The van der Waals surface area contributed by atoms with Gasteiger partial charge < -0.3 is 9.84 Å². The highest BCUT2D eigenvalue weighted by atomic mass is 16.5.